The lowest BCUT2D eigenvalue weighted by Gasteiger charge is -2.18. The Morgan fingerprint density at radius 1 is 1.47 bits per heavy atom. The molecule has 1 rings (SSSR count). The summed E-state index contributed by atoms with van der Waals surface area (Å²) in [5.41, 5.74) is 6.95. The minimum absolute atomic E-state index is 0.0600. The number of Topliss-reactive ketones (excluding diaryl/α,β-unsaturated/α-hetero) is 1. The molecule has 2 N–H and O–H groups in total. The van der Waals surface area contributed by atoms with Crippen LogP contribution < -0.4 is 10.5 Å². The van der Waals surface area contributed by atoms with E-state index in [2.05, 4.69) is 0 Å². The third-order valence-corrected chi connectivity index (χ3v) is 2.75. The van der Waals surface area contributed by atoms with Crippen molar-refractivity contribution >= 4 is 11.5 Å². The number of ketones is 1. The highest BCUT2D eigenvalue weighted by molar-refractivity contribution is 6.00. The predicted molar refractivity (Wildman–Crippen MR) is 69.5 cm³/mol. The first-order valence-corrected chi connectivity index (χ1v) is 5.70. The van der Waals surface area contributed by atoms with Gasteiger partial charge in [0.2, 0.25) is 0 Å². The monoisotopic (exact) mass is 236 g/mol. The van der Waals surface area contributed by atoms with Gasteiger partial charge in [0.15, 0.2) is 5.78 Å². The number of carbonyl (C=O) groups excluding carboxylic acids is 1. The van der Waals surface area contributed by atoms with Gasteiger partial charge in [0.05, 0.1) is 18.3 Å². The number of anilines is 1. The molecular weight excluding hydrogens is 216 g/mol. The molecule has 94 valence electrons. The van der Waals surface area contributed by atoms with Crippen LogP contribution in [0.15, 0.2) is 18.2 Å². The smallest absolute Gasteiger partial charge is 0.179 e. The normalized spacial score (nSPS) is 12.5. The molecule has 4 heteroatoms. The maximum atomic E-state index is 12.1. The van der Waals surface area contributed by atoms with Gasteiger partial charge in [-0.1, -0.05) is 0 Å². The lowest BCUT2D eigenvalue weighted by molar-refractivity contribution is 0.0890. The number of carbonyl (C=O) groups is 1. The van der Waals surface area contributed by atoms with Crippen LogP contribution in [0.2, 0.25) is 0 Å². The number of hydrogen-bond acceptors (Lipinski definition) is 4. The molecule has 0 spiro atoms. The maximum Gasteiger partial charge on any atom is 0.179 e. The van der Waals surface area contributed by atoms with Gasteiger partial charge < -0.3 is 10.5 Å². The van der Waals surface area contributed by atoms with E-state index in [0.717, 1.165) is 0 Å². The van der Waals surface area contributed by atoms with Crippen LogP contribution in [-0.2, 0) is 0 Å². The summed E-state index contributed by atoms with van der Waals surface area (Å²) in [6.45, 7) is 4.33. The van der Waals surface area contributed by atoms with Gasteiger partial charge in [-0.05, 0) is 46.1 Å². The predicted octanol–water partition coefficient (Wildman–Crippen LogP) is 1.80. The SMILES string of the molecule is CCOc1ccc(C(=O)C(C)N(C)C)cc1N. The molecule has 0 aromatic heterocycles. The summed E-state index contributed by atoms with van der Waals surface area (Å²) in [7, 11) is 3.75. The quantitative estimate of drug-likeness (QED) is 0.625. The van der Waals surface area contributed by atoms with Crippen molar-refractivity contribution in [3.8, 4) is 5.75 Å². The molecule has 0 aliphatic rings. The number of rotatable bonds is 5. The van der Waals surface area contributed by atoms with Crippen LogP contribution in [0.1, 0.15) is 24.2 Å². The Morgan fingerprint density at radius 2 is 2.12 bits per heavy atom. The molecule has 1 unspecified atom stereocenters. The van der Waals surface area contributed by atoms with Crippen LogP contribution in [0.4, 0.5) is 5.69 Å². The average Bonchev–Trinajstić information content (AvgIpc) is 2.30. The summed E-state index contributed by atoms with van der Waals surface area (Å²) in [5.74, 6) is 0.686. The second kappa shape index (κ2) is 5.68. The number of nitrogens with two attached hydrogens (primary N) is 1. The van der Waals surface area contributed by atoms with E-state index in [0.29, 0.717) is 23.6 Å². The number of benzene rings is 1. The van der Waals surface area contributed by atoms with Gasteiger partial charge in [0, 0.05) is 5.56 Å². The van der Waals surface area contributed by atoms with E-state index in [1.165, 1.54) is 0 Å². The molecule has 0 radical (unpaired) electrons. The van der Waals surface area contributed by atoms with Gasteiger partial charge in [-0.3, -0.25) is 9.69 Å². The Balaban J connectivity index is 2.93. The molecule has 0 aliphatic carbocycles. The van der Waals surface area contributed by atoms with Crippen LogP contribution in [0, 0.1) is 0 Å². The highest BCUT2D eigenvalue weighted by Crippen LogP contribution is 2.23. The van der Waals surface area contributed by atoms with E-state index < -0.39 is 0 Å². The van der Waals surface area contributed by atoms with Gasteiger partial charge in [-0.25, -0.2) is 0 Å². The summed E-state index contributed by atoms with van der Waals surface area (Å²) < 4.78 is 5.33. The minimum atomic E-state index is -0.160. The summed E-state index contributed by atoms with van der Waals surface area (Å²) in [6.07, 6.45) is 0. The Bertz CT molecular complexity index is 402. The molecular formula is C13H20N2O2. The van der Waals surface area contributed by atoms with Crippen LogP contribution in [-0.4, -0.2) is 37.4 Å². The van der Waals surface area contributed by atoms with Gasteiger partial charge in [0.1, 0.15) is 5.75 Å². The Labute approximate surface area is 102 Å². The highest BCUT2D eigenvalue weighted by Gasteiger charge is 2.17. The summed E-state index contributed by atoms with van der Waals surface area (Å²) in [6, 6.07) is 5.01. The summed E-state index contributed by atoms with van der Waals surface area (Å²) >= 11 is 0. The summed E-state index contributed by atoms with van der Waals surface area (Å²) in [5, 5.41) is 0. The molecule has 0 saturated heterocycles. The lowest BCUT2D eigenvalue weighted by Crippen LogP contribution is -2.32. The molecule has 17 heavy (non-hydrogen) atoms. The van der Waals surface area contributed by atoms with Gasteiger partial charge >= 0.3 is 0 Å². The average molecular weight is 236 g/mol. The van der Waals surface area contributed by atoms with Crippen LogP contribution in [0.5, 0.6) is 5.75 Å². The van der Waals surface area contributed by atoms with Crippen molar-refractivity contribution < 1.29 is 9.53 Å². The Morgan fingerprint density at radius 3 is 2.59 bits per heavy atom. The Hall–Kier alpha value is -1.55. The lowest BCUT2D eigenvalue weighted by atomic mass is 10.0. The van der Waals surface area contributed by atoms with Crippen LogP contribution in [0.3, 0.4) is 0 Å². The minimum Gasteiger partial charge on any atom is -0.492 e. The van der Waals surface area contributed by atoms with E-state index in [1.807, 2.05) is 32.8 Å². The molecule has 0 fully saturated rings. The second-order valence-electron chi connectivity index (χ2n) is 4.19. The number of hydrogen-bond donors (Lipinski definition) is 1. The van der Waals surface area contributed by atoms with Crippen molar-refractivity contribution in [3.05, 3.63) is 23.8 Å². The number of likely N-dealkylation sites (N-methyl/N-ethyl adjacent to an activating group) is 1. The van der Waals surface area contributed by atoms with Gasteiger partial charge in [0.25, 0.3) is 0 Å². The van der Waals surface area contributed by atoms with E-state index in [4.69, 9.17) is 10.5 Å². The fourth-order valence-electron chi connectivity index (χ4n) is 1.46. The molecule has 4 nitrogen and oxygen atoms in total. The molecule has 0 saturated carbocycles. The van der Waals surface area contributed by atoms with Gasteiger partial charge in [-0.2, -0.15) is 0 Å². The van der Waals surface area contributed by atoms with E-state index >= 15 is 0 Å². The van der Waals surface area contributed by atoms with Crippen molar-refractivity contribution in [1.82, 2.24) is 4.90 Å². The molecule has 1 aromatic carbocycles. The molecule has 0 aliphatic heterocycles. The third kappa shape index (κ3) is 3.20. The first kappa shape index (κ1) is 13.5. The summed E-state index contributed by atoms with van der Waals surface area (Å²) in [4.78, 5) is 13.9. The zero-order valence-electron chi connectivity index (χ0n) is 10.9. The maximum absolute atomic E-state index is 12.1. The zero-order chi connectivity index (χ0) is 13.0. The van der Waals surface area contributed by atoms with Crippen LogP contribution >= 0.6 is 0 Å². The third-order valence-electron chi connectivity index (χ3n) is 2.75. The first-order valence-electron chi connectivity index (χ1n) is 5.70. The van der Waals surface area contributed by atoms with Crippen molar-refractivity contribution in [2.24, 2.45) is 0 Å². The molecule has 0 heterocycles. The standard InChI is InChI=1S/C13H20N2O2/c1-5-17-12-7-6-10(8-11(12)14)13(16)9(2)15(3)4/h6-9H,5,14H2,1-4H3. The number of nitrogens with zero attached hydrogens (tertiary/aromatic N) is 1. The molecule has 0 amide bonds. The largest absolute Gasteiger partial charge is 0.492 e. The Kier molecular flexibility index (Phi) is 4.52. The van der Waals surface area contributed by atoms with Crippen molar-refractivity contribution in [1.29, 1.82) is 0 Å². The van der Waals surface area contributed by atoms with Crippen molar-refractivity contribution in [3.63, 3.8) is 0 Å². The first-order chi connectivity index (χ1) is 7.97. The van der Waals surface area contributed by atoms with E-state index in [9.17, 15) is 4.79 Å². The molecule has 1 atom stereocenters. The molecule has 0 bridgehead atoms. The molecule has 1 aromatic rings. The van der Waals surface area contributed by atoms with E-state index in [1.54, 1.807) is 18.2 Å². The fraction of sp³-hybridized carbons (Fsp3) is 0.462. The number of nitrogen functional groups attached to an aromatic ring is 1. The fourth-order valence-corrected chi connectivity index (χ4v) is 1.46. The number of ether oxygens (including phenoxy) is 1. The highest BCUT2D eigenvalue weighted by atomic mass is 16.5. The van der Waals surface area contributed by atoms with Gasteiger partial charge in [-0.15, -0.1) is 0 Å². The second-order valence-corrected chi connectivity index (χ2v) is 4.19. The topological polar surface area (TPSA) is 55.6 Å². The van der Waals surface area contributed by atoms with E-state index in [-0.39, 0.29) is 11.8 Å². The van der Waals surface area contributed by atoms with Crippen molar-refractivity contribution in [2.45, 2.75) is 19.9 Å². The zero-order valence-corrected chi connectivity index (χ0v) is 10.9. The van der Waals surface area contributed by atoms with Crippen molar-refractivity contribution in [2.75, 3.05) is 26.4 Å². The van der Waals surface area contributed by atoms with Crippen LogP contribution in [0.25, 0.3) is 0 Å².